The molecule has 188 valence electrons. The Balaban J connectivity index is 1.66. The fraction of sp³-hybridized carbons (Fsp3) is 0.348. The van der Waals surface area contributed by atoms with E-state index in [1.54, 1.807) is 53.4 Å². The Labute approximate surface area is 203 Å². The van der Waals surface area contributed by atoms with E-state index in [1.807, 2.05) is 6.07 Å². The molecular formula is C23H28N3O8P. The molecule has 1 fully saturated rings. The normalized spacial score (nSPS) is 14.8. The van der Waals surface area contributed by atoms with Crippen LogP contribution < -0.4 is 15.5 Å². The van der Waals surface area contributed by atoms with Gasteiger partial charge in [-0.15, -0.1) is 0 Å². The zero-order valence-electron chi connectivity index (χ0n) is 19.5. The number of morpholine rings is 1. The van der Waals surface area contributed by atoms with Crippen molar-refractivity contribution in [2.75, 3.05) is 50.4 Å². The van der Waals surface area contributed by atoms with E-state index in [9.17, 15) is 18.9 Å². The third-order valence-corrected chi connectivity index (χ3v) is 7.14. The van der Waals surface area contributed by atoms with E-state index in [1.165, 1.54) is 14.2 Å². The van der Waals surface area contributed by atoms with Crippen molar-refractivity contribution in [2.45, 2.75) is 12.6 Å². The summed E-state index contributed by atoms with van der Waals surface area (Å²) >= 11 is 0. The van der Waals surface area contributed by atoms with Crippen LogP contribution in [-0.4, -0.2) is 64.1 Å². The molecule has 12 heteroatoms. The molecular weight excluding hydrogens is 477 g/mol. The van der Waals surface area contributed by atoms with Gasteiger partial charge >= 0.3 is 13.7 Å². The van der Waals surface area contributed by atoms with Crippen LogP contribution in [0.3, 0.4) is 0 Å². The molecule has 11 nitrogen and oxygen atoms in total. The van der Waals surface area contributed by atoms with Crippen molar-refractivity contribution < 1.29 is 37.5 Å². The van der Waals surface area contributed by atoms with Gasteiger partial charge in [0.05, 0.1) is 12.8 Å². The SMILES string of the molecule is COP(=O)(C[C@H](NC(=O)OCc1ccccc1)C(=O)Nc1ccc(N2CCOCC2=O)cc1)OC. The van der Waals surface area contributed by atoms with E-state index in [2.05, 4.69) is 10.6 Å². The number of carbonyl (C=O) groups is 3. The minimum Gasteiger partial charge on any atom is -0.445 e. The van der Waals surface area contributed by atoms with Crippen LogP contribution in [0.4, 0.5) is 16.2 Å². The number of alkyl carbamates (subject to hydrolysis) is 1. The molecule has 1 atom stereocenters. The number of nitrogens with zero attached hydrogens (tertiary/aromatic N) is 1. The summed E-state index contributed by atoms with van der Waals surface area (Å²) in [6, 6.07) is 14.4. The molecule has 3 amide bonds. The maximum absolute atomic E-state index is 13.0. The van der Waals surface area contributed by atoms with Crippen LogP contribution in [0.5, 0.6) is 0 Å². The van der Waals surface area contributed by atoms with Crippen molar-refractivity contribution in [3.05, 3.63) is 60.2 Å². The molecule has 0 bridgehead atoms. The topological polar surface area (TPSA) is 132 Å². The van der Waals surface area contributed by atoms with Gasteiger partial charge in [-0.1, -0.05) is 30.3 Å². The lowest BCUT2D eigenvalue weighted by molar-refractivity contribution is -0.125. The van der Waals surface area contributed by atoms with Gasteiger partial charge in [-0.05, 0) is 29.8 Å². The Bertz CT molecular complexity index is 1060. The second kappa shape index (κ2) is 12.5. The monoisotopic (exact) mass is 505 g/mol. The highest BCUT2D eigenvalue weighted by Crippen LogP contribution is 2.46. The third kappa shape index (κ3) is 7.63. The summed E-state index contributed by atoms with van der Waals surface area (Å²) in [5.41, 5.74) is 1.84. The van der Waals surface area contributed by atoms with Crippen molar-refractivity contribution in [3.8, 4) is 0 Å². The van der Waals surface area contributed by atoms with Crippen LogP contribution in [0.15, 0.2) is 54.6 Å². The standard InChI is InChI=1S/C23H28N3O8P/c1-31-35(30,32-2)16-20(25-23(29)34-14-17-6-4-3-5-7-17)22(28)24-18-8-10-19(11-9-18)26-12-13-33-15-21(26)27/h3-11,20H,12-16H2,1-2H3,(H,24,28)(H,25,29)/t20-/m0/s1. The summed E-state index contributed by atoms with van der Waals surface area (Å²) in [5, 5.41) is 5.09. The molecule has 0 spiro atoms. The Morgan fingerprint density at radius 2 is 1.77 bits per heavy atom. The molecule has 2 aromatic carbocycles. The number of hydrogen-bond donors (Lipinski definition) is 2. The zero-order chi connectivity index (χ0) is 25.3. The summed E-state index contributed by atoms with van der Waals surface area (Å²) in [6.45, 7) is 0.891. The lowest BCUT2D eigenvalue weighted by Gasteiger charge is -2.27. The van der Waals surface area contributed by atoms with Gasteiger partial charge in [0.15, 0.2) is 0 Å². The predicted molar refractivity (Wildman–Crippen MR) is 128 cm³/mol. The first-order valence-corrected chi connectivity index (χ1v) is 12.5. The predicted octanol–water partition coefficient (Wildman–Crippen LogP) is 2.77. The molecule has 0 radical (unpaired) electrons. The summed E-state index contributed by atoms with van der Waals surface area (Å²) < 4.78 is 32.9. The zero-order valence-corrected chi connectivity index (χ0v) is 20.4. The summed E-state index contributed by atoms with van der Waals surface area (Å²) in [6.07, 6.45) is -1.28. The summed E-state index contributed by atoms with van der Waals surface area (Å²) in [7, 11) is -1.26. The van der Waals surface area contributed by atoms with Crippen LogP contribution in [0.25, 0.3) is 0 Å². The van der Waals surface area contributed by atoms with Gasteiger partial charge in [0.1, 0.15) is 19.3 Å². The molecule has 35 heavy (non-hydrogen) atoms. The average Bonchev–Trinajstić information content (AvgIpc) is 2.88. The van der Waals surface area contributed by atoms with Gasteiger partial charge in [-0.3, -0.25) is 14.2 Å². The Kier molecular flexibility index (Phi) is 9.39. The highest BCUT2D eigenvalue weighted by Gasteiger charge is 2.33. The van der Waals surface area contributed by atoms with Crippen LogP contribution >= 0.6 is 7.60 Å². The molecule has 2 aromatic rings. The maximum Gasteiger partial charge on any atom is 0.408 e. The van der Waals surface area contributed by atoms with Crippen LogP contribution in [0.2, 0.25) is 0 Å². The van der Waals surface area contributed by atoms with Gasteiger partial charge in [0.25, 0.3) is 5.91 Å². The van der Waals surface area contributed by atoms with E-state index in [0.717, 1.165) is 5.56 Å². The van der Waals surface area contributed by atoms with E-state index < -0.39 is 31.8 Å². The molecule has 1 saturated heterocycles. The number of anilines is 2. The number of nitrogens with one attached hydrogen (secondary N) is 2. The summed E-state index contributed by atoms with van der Waals surface area (Å²) in [5.74, 6) is -0.799. The van der Waals surface area contributed by atoms with Gasteiger partial charge in [-0.25, -0.2) is 4.79 Å². The number of carbonyl (C=O) groups excluding carboxylic acids is 3. The van der Waals surface area contributed by atoms with E-state index in [-0.39, 0.29) is 19.1 Å². The van der Waals surface area contributed by atoms with Crippen LogP contribution in [0, 0.1) is 0 Å². The first-order valence-electron chi connectivity index (χ1n) is 10.8. The van der Waals surface area contributed by atoms with Gasteiger partial charge in [0, 0.05) is 32.1 Å². The number of hydrogen-bond acceptors (Lipinski definition) is 8. The highest BCUT2D eigenvalue weighted by molar-refractivity contribution is 7.53. The highest BCUT2D eigenvalue weighted by atomic mass is 31.2. The Morgan fingerprint density at radius 1 is 1.09 bits per heavy atom. The van der Waals surface area contributed by atoms with Crippen LogP contribution in [0.1, 0.15) is 5.56 Å². The Hall–Kier alpha value is -3.24. The molecule has 1 aliphatic rings. The second-order valence-electron chi connectivity index (χ2n) is 7.55. The maximum atomic E-state index is 13.0. The fourth-order valence-corrected chi connectivity index (χ4v) is 4.45. The van der Waals surface area contributed by atoms with E-state index in [4.69, 9.17) is 18.5 Å². The molecule has 1 heterocycles. The molecule has 0 aliphatic carbocycles. The minimum atomic E-state index is -3.65. The Morgan fingerprint density at radius 3 is 2.40 bits per heavy atom. The molecule has 0 saturated carbocycles. The van der Waals surface area contributed by atoms with Crippen LogP contribution in [-0.2, 0) is 39.3 Å². The number of ether oxygens (including phenoxy) is 2. The van der Waals surface area contributed by atoms with Crippen molar-refractivity contribution in [3.63, 3.8) is 0 Å². The van der Waals surface area contributed by atoms with Gasteiger partial charge in [0.2, 0.25) is 5.91 Å². The van der Waals surface area contributed by atoms with Gasteiger partial charge in [-0.2, -0.15) is 0 Å². The first-order chi connectivity index (χ1) is 16.8. The summed E-state index contributed by atoms with van der Waals surface area (Å²) in [4.78, 5) is 38.9. The molecule has 3 rings (SSSR count). The van der Waals surface area contributed by atoms with Crippen molar-refractivity contribution in [1.29, 1.82) is 0 Å². The first kappa shape index (κ1) is 26.4. The van der Waals surface area contributed by atoms with E-state index >= 15 is 0 Å². The number of benzene rings is 2. The largest absolute Gasteiger partial charge is 0.445 e. The minimum absolute atomic E-state index is 0.00501. The molecule has 0 unspecified atom stereocenters. The quantitative estimate of drug-likeness (QED) is 0.471. The number of rotatable bonds is 10. The average molecular weight is 505 g/mol. The third-order valence-electron chi connectivity index (χ3n) is 5.22. The molecule has 0 aromatic heterocycles. The van der Waals surface area contributed by atoms with Gasteiger partial charge < -0.3 is 34.1 Å². The second-order valence-corrected chi connectivity index (χ2v) is 9.87. The number of amides is 3. The van der Waals surface area contributed by atoms with Crippen molar-refractivity contribution >= 4 is 36.9 Å². The van der Waals surface area contributed by atoms with E-state index in [0.29, 0.717) is 24.5 Å². The fourth-order valence-electron chi connectivity index (χ4n) is 3.29. The smallest absolute Gasteiger partial charge is 0.408 e. The lowest BCUT2D eigenvalue weighted by atomic mass is 10.2. The van der Waals surface area contributed by atoms with Crippen molar-refractivity contribution in [2.24, 2.45) is 0 Å². The molecule has 1 aliphatic heterocycles. The lowest BCUT2D eigenvalue weighted by Crippen LogP contribution is -2.46. The molecule has 2 N–H and O–H groups in total. The van der Waals surface area contributed by atoms with Crippen molar-refractivity contribution in [1.82, 2.24) is 5.32 Å².